The summed E-state index contributed by atoms with van der Waals surface area (Å²) in [6.45, 7) is 7.59. The highest BCUT2D eigenvalue weighted by molar-refractivity contribution is 5.69. The first-order valence-electron chi connectivity index (χ1n) is 7.86. The van der Waals surface area contributed by atoms with Crippen LogP contribution in [0.15, 0.2) is 48.5 Å². The van der Waals surface area contributed by atoms with Gasteiger partial charge in [-0.2, -0.15) is 0 Å². The second kappa shape index (κ2) is 8.24. The van der Waals surface area contributed by atoms with Crippen LogP contribution in [0.1, 0.15) is 27.7 Å². The highest BCUT2D eigenvalue weighted by Crippen LogP contribution is 2.30. The molecule has 0 aliphatic carbocycles. The topological polar surface area (TPSA) is 54.0 Å². The fourth-order valence-corrected chi connectivity index (χ4v) is 1.97. The summed E-state index contributed by atoms with van der Waals surface area (Å²) in [5.41, 5.74) is 0. The molecule has 0 aliphatic heterocycles. The van der Waals surface area contributed by atoms with Crippen molar-refractivity contribution in [1.82, 2.24) is 0 Å². The van der Waals surface area contributed by atoms with E-state index < -0.39 is 6.16 Å². The molecule has 0 amide bonds. The summed E-state index contributed by atoms with van der Waals surface area (Å²) in [6.07, 6.45) is -0.925. The zero-order valence-electron chi connectivity index (χ0n) is 14.3. The highest BCUT2D eigenvalue weighted by Gasteiger charge is 2.15. The van der Waals surface area contributed by atoms with E-state index >= 15 is 0 Å². The lowest BCUT2D eigenvalue weighted by atomic mass is 10.3. The van der Waals surface area contributed by atoms with Gasteiger partial charge in [0.15, 0.2) is 23.0 Å². The van der Waals surface area contributed by atoms with Crippen LogP contribution in [0.4, 0.5) is 4.79 Å². The molecule has 2 rings (SSSR count). The van der Waals surface area contributed by atoms with Gasteiger partial charge in [0.2, 0.25) is 0 Å². The van der Waals surface area contributed by atoms with Gasteiger partial charge in [0.1, 0.15) is 0 Å². The summed E-state index contributed by atoms with van der Waals surface area (Å²) in [6, 6.07) is 13.9. The Bertz CT molecular complexity index is 621. The van der Waals surface area contributed by atoms with E-state index in [1.165, 1.54) is 0 Å². The molecule has 0 saturated carbocycles. The third kappa shape index (κ3) is 5.19. The molecule has 5 nitrogen and oxygen atoms in total. The highest BCUT2D eigenvalue weighted by atomic mass is 16.7. The van der Waals surface area contributed by atoms with E-state index in [1.807, 2.05) is 39.8 Å². The Morgan fingerprint density at radius 1 is 0.667 bits per heavy atom. The molecule has 0 unspecified atom stereocenters. The minimum atomic E-state index is -0.852. The number of para-hydroxylation sites is 4. The second-order valence-corrected chi connectivity index (χ2v) is 5.68. The third-order valence-electron chi connectivity index (χ3n) is 2.81. The number of rotatable bonds is 6. The average molecular weight is 330 g/mol. The monoisotopic (exact) mass is 330 g/mol. The van der Waals surface area contributed by atoms with Gasteiger partial charge in [-0.05, 0) is 52.0 Å². The molecule has 24 heavy (non-hydrogen) atoms. The van der Waals surface area contributed by atoms with Crippen molar-refractivity contribution in [3.63, 3.8) is 0 Å². The zero-order valence-corrected chi connectivity index (χ0v) is 14.3. The average Bonchev–Trinajstić information content (AvgIpc) is 2.50. The van der Waals surface area contributed by atoms with E-state index in [-0.39, 0.29) is 12.2 Å². The summed E-state index contributed by atoms with van der Waals surface area (Å²) in [7, 11) is 0. The molecule has 0 bridgehead atoms. The zero-order chi connectivity index (χ0) is 17.5. The number of hydrogen-bond acceptors (Lipinski definition) is 5. The van der Waals surface area contributed by atoms with Crippen LogP contribution < -0.4 is 18.9 Å². The van der Waals surface area contributed by atoms with Crippen LogP contribution in [0, 0.1) is 0 Å². The van der Waals surface area contributed by atoms with Gasteiger partial charge < -0.3 is 18.9 Å². The molecule has 0 aromatic heterocycles. The SMILES string of the molecule is CC(C)Oc1ccccc1OC(=O)Oc1ccccc1OC(C)C. The summed E-state index contributed by atoms with van der Waals surface area (Å²) in [5, 5.41) is 0. The lowest BCUT2D eigenvalue weighted by Gasteiger charge is -2.15. The lowest BCUT2D eigenvalue weighted by molar-refractivity contribution is 0.143. The van der Waals surface area contributed by atoms with E-state index in [1.54, 1.807) is 36.4 Å². The van der Waals surface area contributed by atoms with Gasteiger partial charge >= 0.3 is 6.16 Å². The first-order valence-corrected chi connectivity index (χ1v) is 7.86. The van der Waals surface area contributed by atoms with Crippen molar-refractivity contribution in [3.05, 3.63) is 48.5 Å². The molecule has 2 aromatic rings. The maximum atomic E-state index is 12.1. The van der Waals surface area contributed by atoms with E-state index in [0.29, 0.717) is 23.0 Å². The van der Waals surface area contributed by atoms with Crippen molar-refractivity contribution in [2.75, 3.05) is 0 Å². The molecule has 0 radical (unpaired) electrons. The van der Waals surface area contributed by atoms with Gasteiger partial charge in [-0.25, -0.2) is 4.79 Å². The van der Waals surface area contributed by atoms with Crippen LogP contribution in [0.5, 0.6) is 23.0 Å². The Balaban J connectivity index is 2.09. The van der Waals surface area contributed by atoms with E-state index in [2.05, 4.69) is 0 Å². The van der Waals surface area contributed by atoms with Crippen LogP contribution in [0.2, 0.25) is 0 Å². The minimum Gasteiger partial charge on any atom is -0.487 e. The van der Waals surface area contributed by atoms with Gasteiger partial charge in [-0.3, -0.25) is 0 Å². The lowest BCUT2D eigenvalue weighted by Crippen LogP contribution is -2.16. The number of ether oxygens (including phenoxy) is 4. The first kappa shape index (κ1) is 17.7. The molecular formula is C19H22O5. The largest absolute Gasteiger partial charge is 0.519 e. The van der Waals surface area contributed by atoms with Crippen molar-refractivity contribution in [2.45, 2.75) is 39.9 Å². The Morgan fingerprint density at radius 2 is 1.00 bits per heavy atom. The van der Waals surface area contributed by atoms with Crippen LogP contribution in [0.25, 0.3) is 0 Å². The van der Waals surface area contributed by atoms with Gasteiger partial charge in [-0.1, -0.05) is 24.3 Å². The normalized spacial score (nSPS) is 10.6. The summed E-state index contributed by atoms with van der Waals surface area (Å²) in [5.74, 6) is 1.57. The van der Waals surface area contributed by atoms with Crippen LogP contribution in [-0.4, -0.2) is 18.4 Å². The Hall–Kier alpha value is -2.69. The number of carbonyl (C=O) groups is 1. The van der Waals surface area contributed by atoms with Crippen LogP contribution in [-0.2, 0) is 0 Å². The summed E-state index contributed by atoms with van der Waals surface area (Å²) in [4.78, 5) is 12.1. The van der Waals surface area contributed by atoms with Gasteiger partial charge in [-0.15, -0.1) is 0 Å². The predicted molar refractivity (Wildman–Crippen MR) is 91.1 cm³/mol. The van der Waals surface area contributed by atoms with Gasteiger partial charge in [0.05, 0.1) is 12.2 Å². The number of carbonyl (C=O) groups excluding carboxylic acids is 1. The third-order valence-corrected chi connectivity index (χ3v) is 2.81. The maximum Gasteiger partial charge on any atom is 0.519 e. The fourth-order valence-electron chi connectivity index (χ4n) is 1.97. The van der Waals surface area contributed by atoms with E-state index in [4.69, 9.17) is 18.9 Å². The second-order valence-electron chi connectivity index (χ2n) is 5.68. The molecule has 0 saturated heterocycles. The van der Waals surface area contributed by atoms with Crippen LogP contribution in [0.3, 0.4) is 0 Å². The molecule has 0 spiro atoms. The smallest absolute Gasteiger partial charge is 0.487 e. The standard InChI is InChI=1S/C19H22O5/c1-13(2)21-15-9-5-7-11-17(15)23-19(20)24-18-12-8-6-10-16(18)22-14(3)4/h5-14H,1-4H3. The molecule has 128 valence electrons. The van der Waals surface area contributed by atoms with E-state index in [0.717, 1.165) is 0 Å². The Labute approximate surface area is 142 Å². The summed E-state index contributed by atoms with van der Waals surface area (Å²) >= 11 is 0. The molecule has 0 atom stereocenters. The molecule has 0 aliphatic rings. The van der Waals surface area contributed by atoms with Crippen molar-refractivity contribution >= 4 is 6.16 Å². The Morgan fingerprint density at radius 3 is 1.33 bits per heavy atom. The van der Waals surface area contributed by atoms with Crippen LogP contribution >= 0.6 is 0 Å². The van der Waals surface area contributed by atoms with Gasteiger partial charge in [0, 0.05) is 0 Å². The van der Waals surface area contributed by atoms with Crippen molar-refractivity contribution < 1.29 is 23.7 Å². The molecule has 0 N–H and O–H groups in total. The van der Waals surface area contributed by atoms with Crippen molar-refractivity contribution in [2.24, 2.45) is 0 Å². The quantitative estimate of drug-likeness (QED) is 0.560. The van der Waals surface area contributed by atoms with Gasteiger partial charge in [0.25, 0.3) is 0 Å². The van der Waals surface area contributed by atoms with Crippen molar-refractivity contribution in [3.8, 4) is 23.0 Å². The summed E-state index contributed by atoms with van der Waals surface area (Å²) < 4.78 is 21.8. The number of hydrogen-bond donors (Lipinski definition) is 0. The maximum absolute atomic E-state index is 12.1. The molecule has 5 heteroatoms. The molecular weight excluding hydrogens is 308 g/mol. The minimum absolute atomic E-state index is 0.0362. The molecule has 2 aromatic carbocycles. The fraction of sp³-hybridized carbons (Fsp3) is 0.316. The number of benzene rings is 2. The first-order chi connectivity index (χ1) is 11.5. The molecule has 0 heterocycles. The molecule has 0 fully saturated rings. The Kier molecular flexibility index (Phi) is 6.07. The van der Waals surface area contributed by atoms with Crippen molar-refractivity contribution in [1.29, 1.82) is 0 Å². The van der Waals surface area contributed by atoms with E-state index in [9.17, 15) is 4.79 Å². The predicted octanol–water partition coefficient (Wildman–Crippen LogP) is 4.84.